The highest BCUT2D eigenvalue weighted by Gasteiger charge is 2.37. The minimum atomic E-state index is -0.157. The average molecular weight is 327 g/mol. The fourth-order valence-corrected chi connectivity index (χ4v) is 3.58. The summed E-state index contributed by atoms with van der Waals surface area (Å²) in [6.07, 6.45) is 2.70. The Morgan fingerprint density at radius 2 is 2.16 bits per heavy atom. The van der Waals surface area contributed by atoms with Crippen molar-refractivity contribution in [2.75, 3.05) is 13.1 Å². The van der Waals surface area contributed by atoms with Crippen LogP contribution in [-0.4, -0.2) is 30.1 Å². The Hall–Kier alpha value is -0.450. The zero-order valence-corrected chi connectivity index (χ0v) is 12.8. The van der Waals surface area contributed by atoms with E-state index in [1.807, 2.05) is 6.07 Å². The van der Waals surface area contributed by atoms with Gasteiger partial charge in [-0.2, -0.15) is 0 Å². The molecule has 0 aromatic heterocycles. The number of halogens is 2. The van der Waals surface area contributed by atoms with Crippen LogP contribution in [0.25, 0.3) is 0 Å². The molecule has 1 aliphatic heterocycles. The molecule has 1 saturated carbocycles. The van der Waals surface area contributed by atoms with Crippen molar-refractivity contribution in [3.05, 3.63) is 34.1 Å². The number of hydrogen-bond donors (Lipinski definition) is 1. The lowest BCUT2D eigenvalue weighted by Crippen LogP contribution is -2.55. The first-order valence-electron chi connectivity index (χ1n) is 7.04. The van der Waals surface area contributed by atoms with E-state index in [2.05, 4.69) is 33.1 Å². The van der Waals surface area contributed by atoms with E-state index in [0.29, 0.717) is 12.1 Å². The second-order valence-electron chi connectivity index (χ2n) is 5.92. The largest absolute Gasteiger partial charge is 0.311 e. The zero-order valence-electron chi connectivity index (χ0n) is 11.2. The van der Waals surface area contributed by atoms with E-state index in [1.165, 1.54) is 18.9 Å². The molecule has 0 bridgehead atoms. The Labute approximate surface area is 122 Å². The summed E-state index contributed by atoms with van der Waals surface area (Å²) < 4.78 is 14.3. The highest BCUT2D eigenvalue weighted by molar-refractivity contribution is 9.10. The van der Waals surface area contributed by atoms with Gasteiger partial charge < -0.3 is 5.32 Å². The normalized spacial score (nSPS) is 28.6. The zero-order chi connectivity index (χ0) is 13.4. The molecule has 0 spiro atoms. The lowest BCUT2D eigenvalue weighted by Gasteiger charge is -2.39. The van der Waals surface area contributed by atoms with E-state index < -0.39 is 0 Å². The quantitative estimate of drug-likeness (QED) is 0.917. The molecule has 2 unspecified atom stereocenters. The number of nitrogens with zero attached hydrogens (tertiary/aromatic N) is 1. The Morgan fingerprint density at radius 3 is 2.84 bits per heavy atom. The van der Waals surface area contributed by atoms with E-state index in [9.17, 15) is 4.39 Å². The predicted octanol–water partition coefficient (Wildman–Crippen LogP) is 3.16. The first-order chi connectivity index (χ1) is 9.11. The third-order valence-electron chi connectivity index (χ3n) is 4.13. The maximum Gasteiger partial charge on any atom is 0.124 e. The van der Waals surface area contributed by atoms with Gasteiger partial charge in [0.1, 0.15) is 5.82 Å². The van der Waals surface area contributed by atoms with E-state index in [1.54, 1.807) is 6.07 Å². The summed E-state index contributed by atoms with van der Waals surface area (Å²) in [5, 5.41) is 3.57. The van der Waals surface area contributed by atoms with Crippen LogP contribution in [0.2, 0.25) is 0 Å². The van der Waals surface area contributed by atoms with E-state index >= 15 is 0 Å². The summed E-state index contributed by atoms with van der Waals surface area (Å²) >= 11 is 3.38. The molecule has 0 radical (unpaired) electrons. The van der Waals surface area contributed by atoms with Crippen LogP contribution in [-0.2, 0) is 6.54 Å². The number of benzene rings is 1. The average Bonchev–Trinajstić information content (AvgIpc) is 3.11. The summed E-state index contributed by atoms with van der Waals surface area (Å²) in [4.78, 5) is 2.53. The van der Waals surface area contributed by atoms with Gasteiger partial charge in [-0.1, -0.05) is 15.9 Å². The van der Waals surface area contributed by atoms with Crippen LogP contribution in [0.1, 0.15) is 25.3 Å². The van der Waals surface area contributed by atoms with Gasteiger partial charge in [0.25, 0.3) is 0 Å². The molecule has 3 rings (SSSR count). The smallest absolute Gasteiger partial charge is 0.124 e. The molecule has 4 heteroatoms. The van der Waals surface area contributed by atoms with Crippen LogP contribution in [0.4, 0.5) is 4.39 Å². The maximum absolute atomic E-state index is 13.5. The van der Waals surface area contributed by atoms with E-state index in [4.69, 9.17) is 0 Å². The van der Waals surface area contributed by atoms with Crippen LogP contribution >= 0.6 is 15.9 Å². The molecular formula is C15H20BrFN2. The maximum atomic E-state index is 13.5. The summed E-state index contributed by atoms with van der Waals surface area (Å²) in [5.41, 5.74) is 1.06. The van der Waals surface area contributed by atoms with Crippen LogP contribution in [0.5, 0.6) is 0 Å². The van der Waals surface area contributed by atoms with Crippen molar-refractivity contribution in [2.45, 2.75) is 38.4 Å². The molecule has 2 aliphatic rings. The lowest BCUT2D eigenvalue weighted by molar-refractivity contribution is 0.112. The van der Waals surface area contributed by atoms with Gasteiger partial charge in [-0.3, -0.25) is 4.90 Å². The van der Waals surface area contributed by atoms with Gasteiger partial charge in [0.05, 0.1) is 0 Å². The molecule has 2 fully saturated rings. The summed E-state index contributed by atoms with van der Waals surface area (Å²) in [7, 11) is 0. The molecule has 2 atom stereocenters. The summed E-state index contributed by atoms with van der Waals surface area (Å²) in [5.74, 6) is 0.688. The van der Waals surface area contributed by atoms with Crippen molar-refractivity contribution >= 4 is 15.9 Å². The molecule has 1 aromatic carbocycles. The Kier molecular flexibility index (Phi) is 3.92. The minimum absolute atomic E-state index is 0.157. The third-order valence-corrected chi connectivity index (χ3v) is 4.58. The molecule has 1 saturated heterocycles. The predicted molar refractivity (Wildman–Crippen MR) is 78.5 cm³/mol. The van der Waals surface area contributed by atoms with Crippen molar-refractivity contribution in [3.63, 3.8) is 0 Å². The standard InChI is InChI=1S/C15H20BrFN2/c1-10-8-19(15(7-18-10)12-2-3-12)9-11-4-13(16)6-14(17)5-11/h4-6,10,12,15,18H,2-3,7-9H2,1H3. The molecule has 0 amide bonds. The van der Waals surface area contributed by atoms with Gasteiger partial charge in [-0.15, -0.1) is 0 Å². The van der Waals surface area contributed by atoms with Gasteiger partial charge in [0.2, 0.25) is 0 Å². The van der Waals surface area contributed by atoms with Gasteiger partial charge in [0, 0.05) is 36.2 Å². The molecule has 19 heavy (non-hydrogen) atoms. The number of rotatable bonds is 3. The second-order valence-corrected chi connectivity index (χ2v) is 6.84. The van der Waals surface area contributed by atoms with Crippen molar-refractivity contribution in [1.82, 2.24) is 10.2 Å². The Morgan fingerprint density at radius 1 is 1.37 bits per heavy atom. The van der Waals surface area contributed by atoms with Gasteiger partial charge in [-0.05, 0) is 49.4 Å². The lowest BCUT2D eigenvalue weighted by atomic mass is 10.0. The first-order valence-corrected chi connectivity index (χ1v) is 7.83. The highest BCUT2D eigenvalue weighted by atomic mass is 79.9. The van der Waals surface area contributed by atoms with E-state index in [-0.39, 0.29) is 5.82 Å². The fourth-order valence-electron chi connectivity index (χ4n) is 3.07. The topological polar surface area (TPSA) is 15.3 Å². The molecule has 1 aromatic rings. The van der Waals surface area contributed by atoms with E-state index in [0.717, 1.165) is 35.6 Å². The SMILES string of the molecule is CC1CN(Cc2cc(F)cc(Br)c2)C(C2CC2)CN1. The first kappa shape index (κ1) is 13.5. The molecule has 1 heterocycles. The van der Waals surface area contributed by atoms with Crippen LogP contribution < -0.4 is 5.32 Å². The Bertz CT molecular complexity index is 441. The fraction of sp³-hybridized carbons (Fsp3) is 0.600. The van der Waals surface area contributed by atoms with Crippen molar-refractivity contribution in [1.29, 1.82) is 0 Å². The van der Waals surface area contributed by atoms with Gasteiger partial charge >= 0.3 is 0 Å². The summed E-state index contributed by atoms with van der Waals surface area (Å²) in [6.45, 7) is 5.19. The van der Waals surface area contributed by atoms with Crippen LogP contribution in [0.15, 0.2) is 22.7 Å². The molecule has 1 aliphatic carbocycles. The minimum Gasteiger partial charge on any atom is -0.311 e. The van der Waals surface area contributed by atoms with Crippen molar-refractivity contribution < 1.29 is 4.39 Å². The molecule has 1 N–H and O–H groups in total. The van der Waals surface area contributed by atoms with Gasteiger partial charge in [-0.25, -0.2) is 4.39 Å². The number of piperazine rings is 1. The third kappa shape index (κ3) is 3.36. The van der Waals surface area contributed by atoms with Gasteiger partial charge in [0.15, 0.2) is 0 Å². The monoisotopic (exact) mass is 326 g/mol. The molecular weight excluding hydrogens is 307 g/mol. The van der Waals surface area contributed by atoms with Crippen LogP contribution in [0.3, 0.4) is 0 Å². The van der Waals surface area contributed by atoms with Crippen molar-refractivity contribution in [2.24, 2.45) is 5.92 Å². The Balaban J connectivity index is 1.74. The molecule has 2 nitrogen and oxygen atoms in total. The summed E-state index contributed by atoms with van der Waals surface area (Å²) in [6, 6.07) is 6.34. The van der Waals surface area contributed by atoms with Crippen molar-refractivity contribution in [3.8, 4) is 0 Å². The van der Waals surface area contributed by atoms with Crippen LogP contribution in [0, 0.1) is 11.7 Å². The molecule has 104 valence electrons. The number of nitrogens with one attached hydrogen (secondary N) is 1. The highest BCUT2D eigenvalue weighted by Crippen LogP contribution is 2.36. The number of hydrogen-bond acceptors (Lipinski definition) is 2. The second kappa shape index (κ2) is 5.51.